The molecule has 0 radical (unpaired) electrons. The normalized spacial score (nSPS) is 10.3. The molecule has 0 saturated heterocycles. The van der Waals surface area contributed by atoms with E-state index in [-0.39, 0.29) is 24.5 Å². The molecule has 0 aliphatic carbocycles. The van der Waals surface area contributed by atoms with Crippen LogP contribution in [0.5, 0.6) is 5.75 Å². The van der Waals surface area contributed by atoms with Crippen LogP contribution in [-0.2, 0) is 9.47 Å². The lowest BCUT2D eigenvalue weighted by molar-refractivity contribution is 0.0513. The summed E-state index contributed by atoms with van der Waals surface area (Å²) in [5.41, 5.74) is 0.446. The van der Waals surface area contributed by atoms with Crippen molar-refractivity contribution in [1.82, 2.24) is 4.57 Å². The topological polar surface area (TPSA) is 77.8 Å². The molecule has 0 amide bonds. The van der Waals surface area contributed by atoms with Crippen LogP contribution in [0.3, 0.4) is 0 Å². The minimum atomic E-state index is -0.709. The van der Waals surface area contributed by atoms with Crippen LogP contribution < -0.4 is 0 Å². The quantitative estimate of drug-likeness (QED) is 0.859. The molecule has 0 unspecified atom stereocenters. The van der Waals surface area contributed by atoms with Crippen LogP contribution in [-0.4, -0.2) is 34.8 Å². The maximum atomic E-state index is 12.1. The van der Waals surface area contributed by atoms with Crippen molar-refractivity contribution < 1.29 is 24.2 Å². The van der Waals surface area contributed by atoms with Gasteiger partial charge in [0.05, 0.1) is 13.2 Å². The predicted octanol–water partition coefficient (Wildman–Crippen LogP) is 2.54. The van der Waals surface area contributed by atoms with E-state index in [2.05, 4.69) is 0 Å². The number of carbonyl (C=O) groups is 2. The number of esters is 2. The molecule has 2 rings (SSSR count). The second-order valence-corrected chi connectivity index (χ2v) is 4.39. The summed E-state index contributed by atoms with van der Waals surface area (Å²) < 4.78 is 11.3. The molecule has 1 aromatic carbocycles. The summed E-state index contributed by atoms with van der Waals surface area (Å²) >= 11 is 0. The third-order valence-electron chi connectivity index (χ3n) is 2.98. The average molecular weight is 303 g/mol. The van der Waals surface area contributed by atoms with Gasteiger partial charge in [-0.3, -0.25) is 0 Å². The van der Waals surface area contributed by atoms with Crippen LogP contribution in [0.15, 0.2) is 36.5 Å². The molecule has 0 aliphatic heterocycles. The number of ether oxygens (including phenoxy) is 2. The number of aromatic hydroxyl groups is 1. The maximum absolute atomic E-state index is 12.1. The Bertz CT molecular complexity index is 675. The van der Waals surface area contributed by atoms with Crippen LogP contribution in [0.4, 0.5) is 0 Å². The van der Waals surface area contributed by atoms with Crippen molar-refractivity contribution >= 4 is 11.9 Å². The van der Waals surface area contributed by atoms with E-state index in [0.717, 1.165) is 0 Å². The second-order valence-electron chi connectivity index (χ2n) is 4.39. The first-order valence-corrected chi connectivity index (χ1v) is 6.94. The molecule has 0 atom stereocenters. The van der Waals surface area contributed by atoms with E-state index in [9.17, 15) is 14.7 Å². The summed E-state index contributed by atoms with van der Waals surface area (Å²) in [6.45, 7) is 3.66. The molecule has 1 aromatic heterocycles. The first-order chi connectivity index (χ1) is 10.6. The van der Waals surface area contributed by atoms with Gasteiger partial charge in [0.1, 0.15) is 5.56 Å². The van der Waals surface area contributed by atoms with Gasteiger partial charge in [-0.25, -0.2) is 9.59 Å². The van der Waals surface area contributed by atoms with Crippen LogP contribution >= 0.6 is 0 Å². The molecule has 0 fully saturated rings. The van der Waals surface area contributed by atoms with Gasteiger partial charge in [-0.15, -0.1) is 0 Å². The van der Waals surface area contributed by atoms with Crippen molar-refractivity contribution in [1.29, 1.82) is 0 Å². The number of benzene rings is 1. The Hall–Kier alpha value is -2.76. The zero-order valence-corrected chi connectivity index (χ0v) is 12.4. The van der Waals surface area contributed by atoms with Crippen molar-refractivity contribution in [3.8, 4) is 11.4 Å². The largest absolute Gasteiger partial charge is 0.505 e. The Morgan fingerprint density at radius 1 is 1.05 bits per heavy atom. The Balaban J connectivity index is 2.58. The molecule has 1 N–H and O–H groups in total. The van der Waals surface area contributed by atoms with Crippen molar-refractivity contribution in [2.24, 2.45) is 0 Å². The molecule has 6 nitrogen and oxygen atoms in total. The molecule has 116 valence electrons. The van der Waals surface area contributed by atoms with Crippen LogP contribution in [0.1, 0.15) is 34.7 Å². The van der Waals surface area contributed by atoms with Gasteiger partial charge in [0, 0.05) is 11.9 Å². The highest BCUT2D eigenvalue weighted by Gasteiger charge is 2.27. The van der Waals surface area contributed by atoms with E-state index < -0.39 is 17.7 Å². The van der Waals surface area contributed by atoms with Gasteiger partial charge in [0.15, 0.2) is 11.4 Å². The molecule has 1 heterocycles. The zero-order valence-electron chi connectivity index (χ0n) is 12.4. The zero-order chi connectivity index (χ0) is 16.1. The summed E-state index contributed by atoms with van der Waals surface area (Å²) in [5, 5.41) is 10.2. The number of aromatic nitrogens is 1. The van der Waals surface area contributed by atoms with Crippen molar-refractivity contribution in [3.63, 3.8) is 0 Å². The molecular weight excluding hydrogens is 286 g/mol. The lowest BCUT2D eigenvalue weighted by Crippen LogP contribution is -2.10. The number of hydrogen-bond donors (Lipinski definition) is 1. The Morgan fingerprint density at radius 3 is 2.23 bits per heavy atom. The first-order valence-electron chi connectivity index (χ1n) is 6.94. The summed E-state index contributed by atoms with van der Waals surface area (Å²) in [6, 6.07) is 8.88. The molecule has 0 saturated carbocycles. The van der Waals surface area contributed by atoms with E-state index in [4.69, 9.17) is 9.47 Å². The number of hydrogen-bond acceptors (Lipinski definition) is 5. The highest BCUT2D eigenvalue weighted by atomic mass is 16.5. The van der Waals surface area contributed by atoms with E-state index in [0.29, 0.717) is 5.69 Å². The third-order valence-corrected chi connectivity index (χ3v) is 2.98. The molecule has 22 heavy (non-hydrogen) atoms. The highest BCUT2D eigenvalue weighted by Crippen LogP contribution is 2.29. The number of rotatable bonds is 5. The van der Waals surface area contributed by atoms with Gasteiger partial charge < -0.3 is 19.1 Å². The minimum absolute atomic E-state index is 0.0752. The second kappa shape index (κ2) is 6.80. The molecule has 0 spiro atoms. The molecular formula is C16H17NO5. The Kier molecular flexibility index (Phi) is 4.83. The van der Waals surface area contributed by atoms with Crippen molar-refractivity contribution in [2.75, 3.05) is 13.2 Å². The number of para-hydroxylation sites is 1. The molecule has 0 aliphatic rings. The van der Waals surface area contributed by atoms with Gasteiger partial charge in [-0.2, -0.15) is 0 Å². The molecule has 0 bridgehead atoms. The summed E-state index contributed by atoms with van der Waals surface area (Å²) in [5.74, 6) is -1.85. The molecule has 2 aromatic rings. The van der Waals surface area contributed by atoms with E-state index in [1.165, 1.54) is 10.8 Å². The Labute approximate surface area is 127 Å². The predicted molar refractivity (Wildman–Crippen MR) is 79.3 cm³/mol. The first kappa shape index (κ1) is 15.6. The fourth-order valence-corrected chi connectivity index (χ4v) is 2.04. The van der Waals surface area contributed by atoms with Crippen molar-refractivity contribution in [2.45, 2.75) is 13.8 Å². The number of nitrogens with zero attached hydrogens (tertiary/aromatic N) is 1. The lowest BCUT2D eigenvalue weighted by atomic mass is 10.2. The summed E-state index contributed by atoms with van der Waals surface area (Å²) in [4.78, 5) is 24.0. The highest BCUT2D eigenvalue weighted by molar-refractivity contribution is 6.00. The van der Waals surface area contributed by atoms with Crippen LogP contribution in [0.25, 0.3) is 5.69 Å². The van der Waals surface area contributed by atoms with Gasteiger partial charge >= 0.3 is 11.9 Å². The SMILES string of the molecule is CCOC(=O)c1cn(-c2ccccc2)c(C(=O)OCC)c1O. The van der Waals surface area contributed by atoms with Crippen LogP contribution in [0.2, 0.25) is 0 Å². The monoisotopic (exact) mass is 303 g/mol. The standard InChI is InChI=1S/C16H17NO5/c1-3-21-15(19)12-10-17(11-8-6-5-7-9-11)13(14(12)18)16(20)22-4-2/h5-10,18H,3-4H2,1-2H3. The summed E-state index contributed by atoms with van der Waals surface area (Å²) in [6.07, 6.45) is 1.37. The van der Waals surface area contributed by atoms with Gasteiger partial charge in [0.25, 0.3) is 0 Å². The van der Waals surface area contributed by atoms with E-state index in [1.807, 2.05) is 6.07 Å². The lowest BCUT2D eigenvalue weighted by Gasteiger charge is -2.08. The van der Waals surface area contributed by atoms with E-state index >= 15 is 0 Å². The smallest absolute Gasteiger partial charge is 0.359 e. The maximum Gasteiger partial charge on any atom is 0.359 e. The Morgan fingerprint density at radius 2 is 1.64 bits per heavy atom. The van der Waals surface area contributed by atoms with Crippen LogP contribution in [0, 0.1) is 0 Å². The number of carbonyl (C=O) groups excluding carboxylic acids is 2. The van der Waals surface area contributed by atoms with Gasteiger partial charge in [-0.1, -0.05) is 18.2 Å². The van der Waals surface area contributed by atoms with Gasteiger partial charge in [-0.05, 0) is 26.0 Å². The average Bonchev–Trinajstić information content (AvgIpc) is 2.86. The summed E-state index contributed by atoms with van der Waals surface area (Å²) in [7, 11) is 0. The van der Waals surface area contributed by atoms with E-state index in [1.54, 1.807) is 38.1 Å². The minimum Gasteiger partial charge on any atom is -0.505 e. The fourth-order valence-electron chi connectivity index (χ4n) is 2.04. The molecule has 6 heteroatoms. The fraction of sp³-hybridized carbons (Fsp3) is 0.250. The van der Waals surface area contributed by atoms with Crippen molar-refractivity contribution in [3.05, 3.63) is 47.8 Å². The third kappa shape index (κ3) is 2.95. The van der Waals surface area contributed by atoms with Gasteiger partial charge in [0.2, 0.25) is 0 Å².